The minimum absolute atomic E-state index is 0.354. The molecule has 2 N–H and O–H groups in total. The summed E-state index contributed by atoms with van der Waals surface area (Å²) in [5.74, 6) is 0.557. The Balaban J connectivity index is 1.07. The molecule has 0 spiro atoms. The fourth-order valence-electron chi connectivity index (χ4n) is 5.18. The molecule has 10 nitrogen and oxygen atoms in total. The fraction of sp³-hybridized carbons (Fsp3) is 0.357. The monoisotopic (exact) mass is 509 g/mol. The number of piperazine rings is 1. The van der Waals surface area contributed by atoms with Gasteiger partial charge in [0, 0.05) is 86.6 Å². The maximum absolute atomic E-state index is 5.36. The maximum atomic E-state index is 5.36. The normalized spacial score (nSPS) is 18.7. The lowest BCUT2D eigenvalue weighted by atomic mass is 10.1. The highest BCUT2D eigenvalue weighted by Crippen LogP contribution is 2.32. The Morgan fingerprint density at radius 1 is 0.921 bits per heavy atom. The topological polar surface area (TPSA) is 96.3 Å². The van der Waals surface area contributed by atoms with Gasteiger partial charge in [-0.05, 0) is 42.5 Å². The van der Waals surface area contributed by atoms with Crippen molar-refractivity contribution in [1.29, 1.82) is 0 Å². The Bertz CT molecular complexity index is 1380. The molecule has 194 valence electrons. The molecule has 0 atom stereocenters. The van der Waals surface area contributed by atoms with Gasteiger partial charge in [-0.3, -0.25) is 14.6 Å². The zero-order chi connectivity index (χ0) is 25.3. The van der Waals surface area contributed by atoms with Crippen molar-refractivity contribution in [1.82, 2.24) is 34.9 Å². The number of ether oxygens (including phenoxy) is 1. The molecule has 3 saturated heterocycles. The molecule has 0 saturated carbocycles. The van der Waals surface area contributed by atoms with Gasteiger partial charge in [0.2, 0.25) is 5.95 Å². The van der Waals surface area contributed by atoms with E-state index in [-0.39, 0.29) is 0 Å². The van der Waals surface area contributed by atoms with Crippen molar-refractivity contribution in [2.24, 2.45) is 0 Å². The summed E-state index contributed by atoms with van der Waals surface area (Å²) in [4.78, 5) is 18.6. The van der Waals surface area contributed by atoms with Crippen LogP contribution in [0.3, 0.4) is 0 Å². The molecule has 38 heavy (non-hydrogen) atoms. The lowest BCUT2D eigenvalue weighted by molar-refractivity contribution is -0.0660. The minimum Gasteiger partial charge on any atom is -0.378 e. The van der Waals surface area contributed by atoms with E-state index >= 15 is 0 Å². The number of hydrogen-bond acceptors (Lipinski definition) is 9. The van der Waals surface area contributed by atoms with Crippen molar-refractivity contribution >= 4 is 17.3 Å². The molecule has 3 fully saturated rings. The number of rotatable bonds is 7. The number of aromatic nitrogens is 5. The number of benzene rings is 1. The molecule has 1 aromatic carbocycles. The zero-order valence-corrected chi connectivity index (χ0v) is 21.2. The fourth-order valence-corrected chi connectivity index (χ4v) is 5.18. The molecular formula is C28H31N9O. The Morgan fingerprint density at radius 2 is 1.76 bits per heavy atom. The van der Waals surface area contributed by atoms with Crippen LogP contribution in [0.1, 0.15) is 6.04 Å². The largest absolute Gasteiger partial charge is 0.378 e. The smallest absolute Gasteiger partial charge is 0.227 e. The number of nitrogens with zero attached hydrogens (tertiary/aromatic N) is 7. The third kappa shape index (κ3) is 4.62. The Hall–Kier alpha value is -3.86. The Kier molecular flexibility index (Phi) is 6.20. The minimum atomic E-state index is 0.354. The van der Waals surface area contributed by atoms with Gasteiger partial charge >= 0.3 is 0 Å². The summed E-state index contributed by atoms with van der Waals surface area (Å²) >= 11 is 0. The molecule has 3 aliphatic heterocycles. The van der Waals surface area contributed by atoms with Crippen molar-refractivity contribution in [2.45, 2.75) is 12.1 Å². The summed E-state index contributed by atoms with van der Waals surface area (Å²) in [5.41, 5.74) is 5.85. The van der Waals surface area contributed by atoms with E-state index in [9.17, 15) is 0 Å². The van der Waals surface area contributed by atoms with Gasteiger partial charge in [-0.25, -0.2) is 9.97 Å². The van der Waals surface area contributed by atoms with Gasteiger partial charge in [0.05, 0.1) is 31.0 Å². The Morgan fingerprint density at radius 3 is 2.45 bits per heavy atom. The van der Waals surface area contributed by atoms with E-state index in [4.69, 9.17) is 14.8 Å². The van der Waals surface area contributed by atoms with E-state index in [0.29, 0.717) is 18.0 Å². The Labute approximate surface area is 221 Å². The average Bonchev–Trinajstić information content (AvgIpc) is 3.33. The van der Waals surface area contributed by atoms with Gasteiger partial charge in [0.1, 0.15) is 5.69 Å². The number of nitrogens with one attached hydrogen (secondary N) is 2. The van der Waals surface area contributed by atoms with Crippen molar-refractivity contribution in [3.63, 3.8) is 0 Å². The second kappa shape index (κ2) is 10.1. The van der Waals surface area contributed by atoms with Gasteiger partial charge in [-0.15, -0.1) is 0 Å². The van der Waals surface area contributed by atoms with Crippen LogP contribution in [0.5, 0.6) is 0 Å². The average molecular weight is 510 g/mol. The van der Waals surface area contributed by atoms with Gasteiger partial charge in [0.25, 0.3) is 0 Å². The van der Waals surface area contributed by atoms with Gasteiger partial charge < -0.3 is 20.3 Å². The molecule has 6 heterocycles. The molecule has 0 unspecified atom stereocenters. The van der Waals surface area contributed by atoms with Crippen molar-refractivity contribution in [3.8, 4) is 22.5 Å². The molecule has 10 heteroatoms. The van der Waals surface area contributed by atoms with Gasteiger partial charge in [0.15, 0.2) is 0 Å². The van der Waals surface area contributed by atoms with Crippen LogP contribution < -0.4 is 15.5 Å². The summed E-state index contributed by atoms with van der Waals surface area (Å²) in [6.45, 7) is 7.86. The van der Waals surface area contributed by atoms with E-state index in [0.717, 1.165) is 80.7 Å². The van der Waals surface area contributed by atoms with Crippen LogP contribution in [-0.2, 0) is 4.74 Å². The first-order valence-corrected chi connectivity index (χ1v) is 13.3. The van der Waals surface area contributed by atoms with E-state index < -0.39 is 0 Å². The van der Waals surface area contributed by atoms with Crippen molar-refractivity contribution < 1.29 is 4.74 Å². The predicted molar refractivity (Wildman–Crippen MR) is 147 cm³/mol. The van der Waals surface area contributed by atoms with Gasteiger partial charge in [-0.1, -0.05) is 0 Å². The van der Waals surface area contributed by atoms with Crippen LogP contribution in [-0.4, -0.2) is 88.2 Å². The molecular weight excluding hydrogens is 478 g/mol. The highest BCUT2D eigenvalue weighted by molar-refractivity contribution is 5.78. The number of anilines is 3. The molecule has 3 aromatic heterocycles. The summed E-state index contributed by atoms with van der Waals surface area (Å²) in [5, 5.41) is 11.6. The van der Waals surface area contributed by atoms with Crippen molar-refractivity contribution in [2.75, 3.05) is 62.7 Å². The van der Waals surface area contributed by atoms with Crippen LogP contribution in [0.2, 0.25) is 0 Å². The molecule has 0 aliphatic carbocycles. The van der Waals surface area contributed by atoms with Crippen LogP contribution in [0, 0.1) is 0 Å². The van der Waals surface area contributed by atoms with Crippen LogP contribution in [0.4, 0.5) is 17.3 Å². The lowest BCUT2D eigenvalue weighted by Crippen LogP contribution is -2.56. The summed E-state index contributed by atoms with van der Waals surface area (Å²) < 4.78 is 7.40. The highest BCUT2D eigenvalue weighted by atomic mass is 16.5. The lowest BCUT2D eigenvalue weighted by Gasteiger charge is -2.43. The molecule has 0 radical (unpaired) electrons. The van der Waals surface area contributed by atoms with Gasteiger partial charge in [-0.2, -0.15) is 5.10 Å². The van der Waals surface area contributed by atoms with E-state index in [1.54, 1.807) is 12.4 Å². The molecule has 0 bridgehead atoms. The standard InChI is InChI=1S/C28H31N9O/c1-2-20(14-29-8-1)27-25(17-37(34-27)23-15-30-16-23)26-7-9-31-28(33-26)32-21-3-5-22(6-4-21)35-10-12-36(13-11-35)24-18-38-19-24/h1-9,14,17,23-24,30H,10-13,15-16,18-19H2,(H,31,32,33). The molecule has 3 aliphatic rings. The maximum Gasteiger partial charge on any atom is 0.227 e. The number of hydrogen-bond donors (Lipinski definition) is 2. The first kappa shape index (κ1) is 23.3. The van der Waals surface area contributed by atoms with E-state index in [2.05, 4.69) is 60.9 Å². The number of pyridine rings is 1. The van der Waals surface area contributed by atoms with Crippen LogP contribution >= 0.6 is 0 Å². The molecule has 4 aromatic rings. The van der Waals surface area contributed by atoms with E-state index in [1.165, 1.54) is 5.69 Å². The molecule has 0 amide bonds. The highest BCUT2D eigenvalue weighted by Gasteiger charge is 2.29. The second-order valence-corrected chi connectivity index (χ2v) is 10.1. The second-order valence-electron chi connectivity index (χ2n) is 10.1. The summed E-state index contributed by atoms with van der Waals surface area (Å²) in [6.07, 6.45) is 7.50. The zero-order valence-electron chi connectivity index (χ0n) is 21.2. The summed E-state index contributed by atoms with van der Waals surface area (Å²) in [7, 11) is 0. The third-order valence-corrected chi connectivity index (χ3v) is 7.67. The molecule has 7 rings (SSSR count). The third-order valence-electron chi connectivity index (χ3n) is 7.67. The van der Waals surface area contributed by atoms with Crippen LogP contribution in [0.25, 0.3) is 22.5 Å². The first-order chi connectivity index (χ1) is 18.8. The summed E-state index contributed by atoms with van der Waals surface area (Å²) in [6, 6.07) is 15.4. The predicted octanol–water partition coefficient (Wildman–Crippen LogP) is 2.81. The first-order valence-electron chi connectivity index (χ1n) is 13.3. The quantitative estimate of drug-likeness (QED) is 0.390. The van der Waals surface area contributed by atoms with Crippen LogP contribution in [0.15, 0.2) is 67.3 Å². The van der Waals surface area contributed by atoms with Crippen molar-refractivity contribution in [3.05, 3.63) is 67.3 Å². The van der Waals surface area contributed by atoms with E-state index in [1.807, 2.05) is 29.1 Å². The SMILES string of the molecule is c1cncc(-c2nn(C3CNC3)cc2-c2ccnc(Nc3ccc(N4CCN(C5COC5)CC4)cc3)n2)c1.